The first-order valence-corrected chi connectivity index (χ1v) is 9.53. The molecule has 0 radical (unpaired) electrons. The minimum atomic E-state index is -0.0847. The maximum Gasteiger partial charge on any atom is 0.266 e. The minimum Gasteiger partial charge on any atom is -0.338 e. The maximum atomic E-state index is 13.3. The Morgan fingerprint density at radius 3 is 2.67 bits per heavy atom. The second-order valence-electron chi connectivity index (χ2n) is 6.37. The molecule has 0 saturated heterocycles. The fourth-order valence-electron chi connectivity index (χ4n) is 2.91. The van der Waals surface area contributed by atoms with Crippen molar-refractivity contribution in [3.05, 3.63) is 75.7 Å². The van der Waals surface area contributed by atoms with Gasteiger partial charge in [0.15, 0.2) is 11.0 Å². The van der Waals surface area contributed by atoms with Crippen molar-refractivity contribution in [3.8, 4) is 5.69 Å². The molecule has 2 aromatic heterocycles. The molecule has 2 aromatic carbocycles. The number of fused-ring (bicyclic) bond motifs is 1. The lowest BCUT2D eigenvalue weighted by atomic mass is 10.1. The zero-order valence-electron chi connectivity index (χ0n) is 15.3. The van der Waals surface area contributed by atoms with Crippen LogP contribution >= 0.6 is 11.8 Å². The summed E-state index contributed by atoms with van der Waals surface area (Å²) in [5, 5.41) is 5.01. The molecule has 4 rings (SSSR count). The lowest BCUT2D eigenvalue weighted by molar-refractivity contribution is 0.387. The van der Waals surface area contributed by atoms with Crippen LogP contribution in [0.25, 0.3) is 16.6 Å². The SMILES string of the molecule is Cc1ccc(C)c(-n2c(SCc3nc(C)no3)nc3ccccc3c2=O)c1. The Hall–Kier alpha value is -2.93. The molecular formula is C20H18N4O2S. The van der Waals surface area contributed by atoms with Crippen molar-refractivity contribution >= 4 is 22.7 Å². The smallest absolute Gasteiger partial charge is 0.266 e. The van der Waals surface area contributed by atoms with Crippen LogP contribution in [0.1, 0.15) is 22.8 Å². The van der Waals surface area contributed by atoms with Crippen LogP contribution in [0.4, 0.5) is 0 Å². The van der Waals surface area contributed by atoms with Gasteiger partial charge in [0.2, 0.25) is 5.89 Å². The predicted octanol–water partition coefficient (Wildman–Crippen LogP) is 3.99. The largest absolute Gasteiger partial charge is 0.338 e. The van der Waals surface area contributed by atoms with Gasteiger partial charge in [-0.25, -0.2) is 4.98 Å². The molecule has 4 aromatic rings. The van der Waals surface area contributed by atoms with E-state index in [0.29, 0.717) is 33.5 Å². The average Bonchev–Trinajstić information content (AvgIpc) is 3.08. The van der Waals surface area contributed by atoms with Gasteiger partial charge in [0, 0.05) is 0 Å². The third-order valence-electron chi connectivity index (χ3n) is 4.24. The molecule has 0 aliphatic carbocycles. The summed E-state index contributed by atoms with van der Waals surface area (Å²) in [7, 11) is 0. The Labute approximate surface area is 160 Å². The first-order valence-electron chi connectivity index (χ1n) is 8.54. The highest BCUT2D eigenvalue weighted by Crippen LogP contribution is 2.26. The third kappa shape index (κ3) is 3.38. The van der Waals surface area contributed by atoms with Crippen molar-refractivity contribution in [1.82, 2.24) is 19.7 Å². The number of nitrogens with zero attached hydrogens (tertiary/aromatic N) is 4. The van der Waals surface area contributed by atoms with Crippen LogP contribution in [0.2, 0.25) is 0 Å². The van der Waals surface area contributed by atoms with E-state index in [1.54, 1.807) is 11.5 Å². The third-order valence-corrected chi connectivity index (χ3v) is 5.17. The summed E-state index contributed by atoms with van der Waals surface area (Å²) in [6.45, 7) is 5.78. The standard InChI is InChI=1S/C20H18N4O2S/c1-12-8-9-13(2)17(10-12)24-19(25)15-6-4-5-7-16(15)22-20(24)27-11-18-21-14(3)23-26-18/h4-10H,11H2,1-3H3. The Balaban J connectivity index is 1.90. The van der Waals surface area contributed by atoms with Gasteiger partial charge in [0.1, 0.15) is 0 Å². The summed E-state index contributed by atoms with van der Waals surface area (Å²) >= 11 is 1.41. The van der Waals surface area contributed by atoms with Crippen molar-refractivity contribution in [2.24, 2.45) is 0 Å². The van der Waals surface area contributed by atoms with E-state index < -0.39 is 0 Å². The number of aryl methyl sites for hydroxylation is 3. The summed E-state index contributed by atoms with van der Waals surface area (Å²) in [5.74, 6) is 1.53. The molecule has 0 aliphatic rings. The molecule has 27 heavy (non-hydrogen) atoms. The highest BCUT2D eigenvalue weighted by molar-refractivity contribution is 7.98. The van der Waals surface area contributed by atoms with Crippen molar-refractivity contribution in [2.45, 2.75) is 31.7 Å². The maximum absolute atomic E-state index is 13.3. The first-order chi connectivity index (χ1) is 13.0. The van der Waals surface area contributed by atoms with Gasteiger partial charge in [-0.15, -0.1) is 0 Å². The fraction of sp³-hybridized carbons (Fsp3) is 0.200. The van der Waals surface area contributed by atoms with Crippen LogP contribution in [0, 0.1) is 20.8 Å². The molecule has 0 fully saturated rings. The van der Waals surface area contributed by atoms with Gasteiger partial charge in [-0.2, -0.15) is 4.98 Å². The Bertz CT molecular complexity index is 1200. The van der Waals surface area contributed by atoms with Crippen molar-refractivity contribution in [3.63, 3.8) is 0 Å². The Kier molecular flexibility index (Phi) is 4.53. The van der Waals surface area contributed by atoms with Crippen LogP contribution in [0.5, 0.6) is 0 Å². The summed E-state index contributed by atoms with van der Waals surface area (Å²) in [6.07, 6.45) is 0. The summed E-state index contributed by atoms with van der Waals surface area (Å²) < 4.78 is 6.87. The Morgan fingerprint density at radius 1 is 1.07 bits per heavy atom. The van der Waals surface area contributed by atoms with Gasteiger partial charge in [-0.3, -0.25) is 9.36 Å². The number of para-hydroxylation sites is 1. The summed E-state index contributed by atoms with van der Waals surface area (Å²) in [6, 6.07) is 13.5. The number of hydrogen-bond acceptors (Lipinski definition) is 6. The van der Waals surface area contributed by atoms with Crippen LogP contribution in [-0.4, -0.2) is 19.7 Å². The molecule has 0 atom stereocenters. The number of thioether (sulfide) groups is 1. The topological polar surface area (TPSA) is 73.8 Å². The van der Waals surface area contributed by atoms with Gasteiger partial charge < -0.3 is 4.52 Å². The fourth-order valence-corrected chi connectivity index (χ4v) is 3.75. The number of rotatable bonds is 4. The zero-order valence-corrected chi connectivity index (χ0v) is 16.1. The quantitative estimate of drug-likeness (QED) is 0.395. The summed E-state index contributed by atoms with van der Waals surface area (Å²) in [5.41, 5.74) is 3.52. The highest BCUT2D eigenvalue weighted by atomic mass is 32.2. The van der Waals surface area contributed by atoms with Crippen LogP contribution in [0.15, 0.2) is 56.9 Å². The molecule has 0 spiro atoms. The number of hydrogen-bond donors (Lipinski definition) is 0. The molecule has 0 saturated carbocycles. The molecule has 2 heterocycles. The Morgan fingerprint density at radius 2 is 1.89 bits per heavy atom. The lowest BCUT2D eigenvalue weighted by Crippen LogP contribution is -2.22. The molecular weight excluding hydrogens is 360 g/mol. The van der Waals surface area contributed by atoms with E-state index in [2.05, 4.69) is 10.1 Å². The van der Waals surface area contributed by atoms with E-state index in [-0.39, 0.29) is 5.56 Å². The van der Waals surface area contributed by atoms with E-state index in [4.69, 9.17) is 9.51 Å². The van der Waals surface area contributed by atoms with Crippen LogP contribution in [0.3, 0.4) is 0 Å². The van der Waals surface area contributed by atoms with E-state index in [0.717, 1.165) is 16.8 Å². The van der Waals surface area contributed by atoms with Crippen LogP contribution in [-0.2, 0) is 5.75 Å². The molecule has 7 heteroatoms. The van der Waals surface area contributed by atoms with Crippen molar-refractivity contribution in [2.75, 3.05) is 0 Å². The molecule has 0 amide bonds. The van der Waals surface area contributed by atoms with E-state index >= 15 is 0 Å². The zero-order chi connectivity index (χ0) is 19.0. The molecule has 0 unspecified atom stereocenters. The van der Waals surface area contributed by atoms with Crippen molar-refractivity contribution < 1.29 is 4.52 Å². The second kappa shape index (κ2) is 7.00. The first kappa shape index (κ1) is 17.5. The minimum absolute atomic E-state index is 0.0847. The van der Waals surface area contributed by atoms with Gasteiger partial charge in [0.05, 0.1) is 22.3 Å². The summed E-state index contributed by atoms with van der Waals surface area (Å²) in [4.78, 5) is 22.3. The van der Waals surface area contributed by atoms with Crippen molar-refractivity contribution in [1.29, 1.82) is 0 Å². The molecule has 0 aliphatic heterocycles. The number of aromatic nitrogens is 4. The average molecular weight is 378 g/mol. The normalized spacial score (nSPS) is 11.2. The van der Waals surface area contributed by atoms with E-state index in [1.807, 2.05) is 56.3 Å². The van der Waals surface area contributed by atoms with E-state index in [9.17, 15) is 4.79 Å². The number of benzene rings is 2. The highest BCUT2D eigenvalue weighted by Gasteiger charge is 2.16. The van der Waals surface area contributed by atoms with Gasteiger partial charge in [-0.1, -0.05) is 41.2 Å². The molecule has 6 nitrogen and oxygen atoms in total. The van der Waals surface area contributed by atoms with Crippen LogP contribution < -0.4 is 5.56 Å². The van der Waals surface area contributed by atoms with Gasteiger partial charge in [0.25, 0.3) is 5.56 Å². The lowest BCUT2D eigenvalue weighted by Gasteiger charge is -2.15. The van der Waals surface area contributed by atoms with Gasteiger partial charge in [-0.05, 0) is 50.1 Å². The molecule has 136 valence electrons. The second-order valence-corrected chi connectivity index (χ2v) is 7.31. The molecule has 0 N–H and O–H groups in total. The van der Waals surface area contributed by atoms with E-state index in [1.165, 1.54) is 11.8 Å². The predicted molar refractivity (Wildman–Crippen MR) is 105 cm³/mol. The molecule has 0 bridgehead atoms. The van der Waals surface area contributed by atoms with Gasteiger partial charge >= 0.3 is 0 Å². The monoisotopic (exact) mass is 378 g/mol.